The maximum absolute atomic E-state index is 11.9. The summed E-state index contributed by atoms with van der Waals surface area (Å²) in [6.07, 6.45) is 2.01. The van der Waals surface area contributed by atoms with Gasteiger partial charge in [0.05, 0.1) is 0 Å². The minimum absolute atomic E-state index is 0.103. The summed E-state index contributed by atoms with van der Waals surface area (Å²) in [5, 5.41) is 5.49. The lowest BCUT2D eigenvalue weighted by Gasteiger charge is -2.21. The molecular weight excluding hydrogens is 316 g/mol. The quantitative estimate of drug-likeness (QED) is 0.769. The van der Waals surface area contributed by atoms with Gasteiger partial charge >= 0.3 is 0 Å². The Morgan fingerprint density at radius 2 is 1.84 bits per heavy atom. The average Bonchev–Trinajstić information content (AvgIpc) is 2.60. The van der Waals surface area contributed by atoms with Gasteiger partial charge in [-0.05, 0) is 11.6 Å². The second-order valence-electron chi connectivity index (χ2n) is 5.84. The van der Waals surface area contributed by atoms with Crippen molar-refractivity contribution in [2.45, 2.75) is 26.4 Å². The first-order chi connectivity index (χ1) is 12.1. The number of anilines is 1. The highest BCUT2D eigenvalue weighted by molar-refractivity contribution is 5.78. The number of pyridine rings is 1. The maximum atomic E-state index is 11.9. The van der Waals surface area contributed by atoms with Gasteiger partial charge in [0.2, 0.25) is 11.8 Å². The molecule has 2 aromatic rings. The molecule has 1 aromatic heterocycles. The van der Waals surface area contributed by atoms with E-state index in [9.17, 15) is 9.59 Å². The van der Waals surface area contributed by atoms with Crippen molar-refractivity contribution >= 4 is 17.6 Å². The molecule has 0 bridgehead atoms. The summed E-state index contributed by atoms with van der Waals surface area (Å²) in [5.74, 6) is 0.604. The molecule has 0 spiro atoms. The van der Waals surface area contributed by atoms with E-state index >= 15 is 0 Å². The Labute approximate surface area is 148 Å². The number of rotatable bonds is 8. The number of carbonyl (C=O) groups is 2. The van der Waals surface area contributed by atoms with Crippen LogP contribution >= 0.6 is 0 Å². The van der Waals surface area contributed by atoms with E-state index in [-0.39, 0.29) is 18.2 Å². The molecule has 1 heterocycles. The molecule has 1 aromatic carbocycles. The lowest BCUT2D eigenvalue weighted by Crippen LogP contribution is -2.30. The van der Waals surface area contributed by atoms with Gasteiger partial charge in [-0.3, -0.25) is 9.59 Å². The van der Waals surface area contributed by atoms with E-state index in [0.717, 1.165) is 17.9 Å². The molecule has 0 aliphatic rings. The molecule has 0 saturated heterocycles. The third kappa shape index (κ3) is 6.25. The van der Waals surface area contributed by atoms with Gasteiger partial charge in [-0.25, -0.2) is 4.98 Å². The molecule has 0 aliphatic heterocycles. The summed E-state index contributed by atoms with van der Waals surface area (Å²) in [6, 6.07) is 14.0. The smallest absolute Gasteiger partial charge is 0.222 e. The Balaban J connectivity index is 1.93. The van der Waals surface area contributed by atoms with Crippen molar-refractivity contribution in [3.8, 4) is 0 Å². The van der Waals surface area contributed by atoms with E-state index in [0.29, 0.717) is 13.1 Å². The zero-order chi connectivity index (χ0) is 18.1. The first kappa shape index (κ1) is 18.4. The summed E-state index contributed by atoms with van der Waals surface area (Å²) >= 11 is 0. The Morgan fingerprint density at radius 1 is 1.08 bits per heavy atom. The molecule has 0 aliphatic carbocycles. The zero-order valence-corrected chi connectivity index (χ0v) is 14.7. The van der Waals surface area contributed by atoms with Gasteiger partial charge in [-0.15, -0.1) is 0 Å². The molecule has 2 rings (SSSR count). The van der Waals surface area contributed by atoms with Crippen molar-refractivity contribution in [2.24, 2.45) is 0 Å². The molecule has 6 nitrogen and oxygen atoms in total. The third-order valence-electron chi connectivity index (χ3n) is 3.69. The number of nitrogens with zero attached hydrogens (tertiary/aromatic N) is 2. The molecular formula is C19H24N4O2. The molecule has 0 unspecified atom stereocenters. The maximum Gasteiger partial charge on any atom is 0.222 e. The minimum Gasteiger partial charge on any atom is -0.356 e. The summed E-state index contributed by atoms with van der Waals surface area (Å²) < 4.78 is 0. The van der Waals surface area contributed by atoms with E-state index in [1.54, 1.807) is 6.20 Å². The summed E-state index contributed by atoms with van der Waals surface area (Å²) in [5.41, 5.74) is 2.15. The number of nitrogens with one attached hydrogen (secondary N) is 2. The third-order valence-corrected chi connectivity index (χ3v) is 3.69. The number of benzene rings is 1. The van der Waals surface area contributed by atoms with Crippen LogP contribution in [-0.2, 0) is 22.7 Å². The monoisotopic (exact) mass is 340 g/mol. The molecule has 2 amide bonds. The van der Waals surface area contributed by atoms with Gasteiger partial charge in [0.1, 0.15) is 5.82 Å². The number of hydrogen-bond acceptors (Lipinski definition) is 4. The lowest BCUT2D eigenvalue weighted by atomic mass is 10.2. The summed E-state index contributed by atoms with van der Waals surface area (Å²) in [4.78, 5) is 29.2. The van der Waals surface area contributed by atoms with Crippen LogP contribution in [0.15, 0.2) is 48.7 Å². The number of carbonyl (C=O) groups excluding carboxylic acids is 2. The van der Waals surface area contributed by atoms with Crippen LogP contribution in [0.5, 0.6) is 0 Å². The first-order valence-corrected chi connectivity index (χ1v) is 8.26. The topological polar surface area (TPSA) is 74.3 Å². The first-order valence-electron chi connectivity index (χ1n) is 8.26. The van der Waals surface area contributed by atoms with Gasteiger partial charge in [0.25, 0.3) is 0 Å². The molecule has 2 N–H and O–H groups in total. The number of hydrogen-bond donors (Lipinski definition) is 2. The fraction of sp³-hybridized carbons (Fsp3) is 0.316. The Kier molecular flexibility index (Phi) is 6.95. The van der Waals surface area contributed by atoms with E-state index in [2.05, 4.69) is 32.7 Å². The highest BCUT2D eigenvalue weighted by Crippen LogP contribution is 2.18. The Morgan fingerprint density at radius 3 is 2.56 bits per heavy atom. The van der Waals surface area contributed by atoms with Crippen LogP contribution in [0.25, 0.3) is 0 Å². The molecule has 132 valence electrons. The molecule has 25 heavy (non-hydrogen) atoms. The standard InChI is InChI=1S/C19H24N4O2/c1-15(24)20-12-10-18(25)22-13-17-9-6-11-21-19(17)23(2)14-16-7-4-3-5-8-16/h3-9,11H,10,12-14H2,1-2H3,(H,20,24)(H,22,25). The Hall–Kier alpha value is -2.89. The van der Waals surface area contributed by atoms with Crippen molar-refractivity contribution in [3.05, 3.63) is 59.8 Å². The van der Waals surface area contributed by atoms with E-state index < -0.39 is 0 Å². The predicted molar refractivity (Wildman–Crippen MR) is 97.9 cm³/mol. The molecule has 0 saturated carbocycles. The van der Waals surface area contributed by atoms with Crippen LogP contribution in [0.4, 0.5) is 5.82 Å². The van der Waals surface area contributed by atoms with Gasteiger partial charge in [0, 0.05) is 51.8 Å². The summed E-state index contributed by atoms with van der Waals surface area (Å²) in [6.45, 7) is 2.92. The van der Waals surface area contributed by atoms with Crippen LogP contribution in [0.2, 0.25) is 0 Å². The van der Waals surface area contributed by atoms with E-state index in [1.165, 1.54) is 12.5 Å². The zero-order valence-electron chi connectivity index (χ0n) is 14.7. The van der Waals surface area contributed by atoms with Crippen LogP contribution in [0.1, 0.15) is 24.5 Å². The lowest BCUT2D eigenvalue weighted by molar-refractivity contribution is -0.121. The van der Waals surface area contributed by atoms with Crippen molar-refractivity contribution in [2.75, 3.05) is 18.5 Å². The SMILES string of the molecule is CC(=O)NCCC(=O)NCc1cccnc1N(C)Cc1ccccc1. The summed E-state index contributed by atoms with van der Waals surface area (Å²) in [7, 11) is 1.98. The van der Waals surface area contributed by atoms with Crippen molar-refractivity contribution in [1.29, 1.82) is 0 Å². The van der Waals surface area contributed by atoms with Crippen LogP contribution in [0.3, 0.4) is 0 Å². The second-order valence-corrected chi connectivity index (χ2v) is 5.84. The van der Waals surface area contributed by atoms with Crippen LogP contribution in [-0.4, -0.2) is 30.4 Å². The Bertz CT molecular complexity index is 704. The largest absolute Gasteiger partial charge is 0.356 e. The van der Waals surface area contributed by atoms with Gasteiger partial charge in [0.15, 0.2) is 0 Å². The number of aromatic nitrogens is 1. The second kappa shape index (κ2) is 9.42. The fourth-order valence-corrected chi connectivity index (χ4v) is 2.48. The fourth-order valence-electron chi connectivity index (χ4n) is 2.48. The van der Waals surface area contributed by atoms with Gasteiger partial charge < -0.3 is 15.5 Å². The number of amides is 2. The molecule has 0 fully saturated rings. The average molecular weight is 340 g/mol. The minimum atomic E-state index is -0.134. The van der Waals surface area contributed by atoms with Crippen molar-refractivity contribution in [1.82, 2.24) is 15.6 Å². The molecule has 0 radical (unpaired) electrons. The van der Waals surface area contributed by atoms with E-state index in [1.807, 2.05) is 37.4 Å². The van der Waals surface area contributed by atoms with Crippen LogP contribution in [0, 0.1) is 0 Å². The molecule has 0 atom stereocenters. The highest BCUT2D eigenvalue weighted by Gasteiger charge is 2.10. The van der Waals surface area contributed by atoms with Crippen molar-refractivity contribution in [3.63, 3.8) is 0 Å². The van der Waals surface area contributed by atoms with Gasteiger partial charge in [-0.1, -0.05) is 36.4 Å². The predicted octanol–water partition coefficient (Wildman–Crippen LogP) is 1.86. The highest BCUT2D eigenvalue weighted by atomic mass is 16.2. The van der Waals surface area contributed by atoms with Gasteiger partial charge in [-0.2, -0.15) is 0 Å². The normalized spacial score (nSPS) is 10.2. The van der Waals surface area contributed by atoms with Crippen LogP contribution < -0.4 is 15.5 Å². The van der Waals surface area contributed by atoms with Crippen molar-refractivity contribution < 1.29 is 9.59 Å². The molecule has 6 heteroatoms. The van der Waals surface area contributed by atoms with E-state index in [4.69, 9.17) is 0 Å².